The second kappa shape index (κ2) is 10.8. The van der Waals surface area contributed by atoms with E-state index in [1.807, 2.05) is 31.9 Å². The molecule has 0 radical (unpaired) electrons. The molecule has 1 aliphatic carbocycles. The molecule has 144 valence electrons. The van der Waals surface area contributed by atoms with E-state index in [0.29, 0.717) is 25.4 Å². The molecule has 1 aromatic heterocycles. The Morgan fingerprint density at radius 2 is 2.23 bits per heavy atom. The van der Waals surface area contributed by atoms with Gasteiger partial charge in [-0.15, -0.1) is 0 Å². The Kier molecular flexibility index (Phi) is 8.34. The number of aryl methyl sites for hydroxylation is 1. The van der Waals surface area contributed by atoms with E-state index in [4.69, 9.17) is 4.74 Å². The maximum absolute atomic E-state index is 12.0. The highest BCUT2D eigenvalue weighted by Gasteiger charge is 2.21. The van der Waals surface area contributed by atoms with Crippen molar-refractivity contribution in [2.75, 3.05) is 45.2 Å². The lowest BCUT2D eigenvalue weighted by molar-refractivity contribution is -0.116. The Labute approximate surface area is 156 Å². The third kappa shape index (κ3) is 7.82. The number of pyridine rings is 1. The number of hydrogen-bond donors (Lipinski definition) is 2. The van der Waals surface area contributed by atoms with Crippen LogP contribution in [-0.4, -0.2) is 61.6 Å². The zero-order chi connectivity index (χ0) is 18.8. The van der Waals surface area contributed by atoms with E-state index in [0.717, 1.165) is 37.1 Å². The quantitative estimate of drug-likeness (QED) is 0.379. The largest absolute Gasteiger partial charge is 0.379 e. The number of ether oxygens (including phenoxy) is 1. The summed E-state index contributed by atoms with van der Waals surface area (Å²) in [5.74, 6) is 2.06. The highest BCUT2D eigenvalue weighted by Crippen LogP contribution is 2.28. The average Bonchev–Trinajstić information content (AvgIpc) is 3.44. The molecule has 1 amide bonds. The van der Waals surface area contributed by atoms with Gasteiger partial charge < -0.3 is 20.3 Å². The van der Waals surface area contributed by atoms with Crippen molar-refractivity contribution in [3.8, 4) is 0 Å². The fraction of sp³-hybridized carbons (Fsp3) is 0.632. The number of anilines is 1. The van der Waals surface area contributed by atoms with Gasteiger partial charge in [0.25, 0.3) is 0 Å². The van der Waals surface area contributed by atoms with Crippen molar-refractivity contribution in [1.29, 1.82) is 0 Å². The zero-order valence-electron chi connectivity index (χ0n) is 16.1. The van der Waals surface area contributed by atoms with Crippen LogP contribution in [0.1, 0.15) is 31.7 Å². The van der Waals surface area contributed by atoms with Gasteiger partial charge in [0.15, 0.2) is 5.96 Å². The van der Waals surface area contributed by atoms with E-state index in [9.17, 15) is 4.79 Å². The van der Waals surface area contributed by atoms with Gasteiger partial charge in [0.1, 0.15) is 5.82 Å². The number of nitrogens with one attached hydrogen (secondary N) is 2. The molecule has 0 aromatic carbocycles. The second-order valence-corrected chi connectivity index (χ2v) is 6.69. The lowest BCUT2D eigenvalue weighted by Gasteiger charge is -2.22. The summed E-state index contributed by atoms with van der Waals surface area (Å²) in [6, 6.07) is 3.72. The summed E-state index contributed by atoms with van der Waals surface area (Å²) >= 11 is 0. The van der Waals surface area contributed by atoms with Crippen LogP contribution in [0, 0.1) is 12.8 Å². The molecule has 0 aliphatic heterocycles. The number of hydrogen-bond acceptors (Lipinski definition) is 4. The second-order valence-electron chi connectivity index (χ2n) is 6.69. The first-order valence-corrected chi connectivity index (χ1v) is 9.38. The molecule has 7 nitrogen and oxygen atoms in total. The lowest BCUT2D eigenvalue weighted by atomic mass is 10.3. The van der Waals surface area contributed by atoms with E-state index in [-0.39, 0.29) is 5.91 Å². The van der Waals surface area contributed by atoms with Crippen LogP contribution in [-0.2, 0) is 9.53 Å². The van der Waals surface area contributed by atoms with E-state index in [1.165, 1.54) is 12.8 Å². The molecule has 0 bridgehead atoms. The number of nitrogens with zero attached hydrogens (tertiary/aromatic N) is 3. The average molecular weight is 361 g/mol. The van der Waals surface area contributed by atoms with Gasteiger partial charge >= 0.3 is 0 Å². The van der Waals surface area contributed by atoms with E-state index < -0.39 is 0 Å². The summed E-state index contributed by atoms with van der Waals surface area (Å²) < 4.78 is 5.68. The molecule has 1 fully saturated rings. The van der Waals surface area contributed by atoms with E-state index in [1.54, 1.807) is 12.3 Å². The van der Waals surface area contributed by atoms with Crippen molar-refractivity contribution in [3.63, 3.8) is 0 Å². The number of amides is 1. The van der Waals surface area contributed by atoms with Crippen LogP contribution in [0.2, 0.25) is 0 Å². The minimum atomic E-state index is -0.0867. The fourth-order valence-corrected chi connectivity index (χ4v) is 2.32. The molecule has 7 heteroatoms. The van der Waals surface area contributed by atoms with Crippen LogP contribution < -0.4 is 10.6 Å². The Morgan fingerprint density at radius 3 is 2.88 bits per heavy atom. The monoisotopic (exact) mass is 361 g/mol. The van der Waals surface area contributed by atoms with Crippen LogP contribution in [0.5, 0.6) is 0 Å². The lowest BCUT2D eigenvalue weighted by Crippen LogP contribution is -2.40. The van der Waals surface area contributed by atoms with Gasteiger partial charge in [-0.3, -0.25) is 9.79 Å². The van der Waals surface area contributed by atoms with Crippen molar-refractivity contribution >= 4 is 17.7 Å². The fourth-order valence-electron chi connectivity index (χ4n) is 2.32. The molecule has 0 unspecified atom stereocenters. The number of rotatable bonds is 10. The van der Waals surface area contributed by atoms with Crippen molar-refractivity contribution in [2.24, 2.45) is 10.9 Å². The smallest absolute Gasteiger partial charge is 0.227 e. The summed E-state index contributed by atoms with van der Waals surface area (Å²) in [6.07, 6.45) is 4.66. The van der Waals surface area contributed by atoms with Gasteiger partial charge in [0.05, 0.1) is 13.2 Å². The van der Waals surface area contributed by atoms with Crippen LogP contribution in [0.25, 0.3) is 0 Å². The Balaban J connectivity index is 1.71. The Bertz CT molecular complexity index is 584. The predicted molar refractivity (Wildman–Crippen MR) is 104 cm³/mol. The number of guanidine groups is 1. The van der Waals surface area contributed by atoms with Crippen LogP contribution in [0.4, 0.5) is 5.82 Å². The molecule has 26 heavy (non-hydrogen) atoms. The maximum Gasteiger partial charge on any atom is 0.227 e. The van der Waals surface area contributed by atoms with Gasteiger partial charge in [0, 0.05) is 39.4 Å². The van der Waals surface area contributed by atoms with Crippen molar-refractivity contribution in [1.82, 2.24) is 15.2 Å². The Morgan fingerprint density at radius 1 is 1.42 bits per heavy atom. The normalized spacial score (nSPS) is 14.2. The van der Waals surface area contributed by atoms with Crippen molar-refractivity contribution < 1.29 is 9.53 Å². The first-order valence-electron chi connectivity index (χ1n) is 9.38. The first-order chi connectivity index (χ1) is 12.6. The standard InChI is InChI=1S/C19H31N5O2/c1-4-20-19(24(3)11-12-26-14-16-6-7-16)21-10-9-18(25)23-17-8-5-15(2)13-22-17/h5,8,13,16H,4,6-7,9-12,14H2,1-3H3,(H,20,21)(H,22,23,25). The summed E-state index contributed by atoms with van der Waals surface area (Å²) in [5, 5.41) is 6.04. The summed E-state index contributed by atoms with van der Waals surface area (Å²) in [7, 11) is 1.98. The third-order valence-corrected chi connectivity index (χ3v) is 4.10. The highest BCUT2D eigenvalue weighted by molar-refractivity contribution is 5.90. The summed E-state index contributed by atoms with van der Waals surface area (Å²) in [4.78, 5) is 22.8. The molecule has 1 aliphatic rings. The predicted octanol–water partition coefficient (Wildman–Crippen LogP) is 2.04. The molecule has 1 heterocycles. The molecular weight excluding hydrogens is 330 g/mol. The van der Waals surface area contributed by atoms with Gasteiger partial charge in [-0.05, 0) is 44.2 Å². The zero-order valence-corrected chi connectivity index (χ0v) is 16.1. The molecular formula is C19H31N5O2. The summed E-state index contributed by atoms with van der Waals surface area (Å²) in [6.45, 7) is 7.54. The molecule has 0 saturated heterocycles. The van der Waals surface area contributed by atoms with Crippen LogP contribution >= 0.6 is 0 Å². The minimum Gasteiger partial charge on any atom is -0.379 e. The highest BCUT2D eigenvalue weighted by atomic mass is 16.5. The Hall–Kier alpha value is -2.15. The van der Waals surface area contributed by atoms with Crippen LogP contribution in [0.15, 0.2) is 23.3 Å². The molecule has 1 aromatic rings. The minimum absolute atomic E-state index is 0.0867. The van der Waals surface area contributed by atoms with E-state index >= 15 is 0 Å². The number of likely N-dealkylation sites (N-methyl/N-ethyl adjacent to an activating group) is 1. The SMILES string of the molecule is CCNC(=NCCC(=O)Nc1ccc(C)cn1)N(C)CCOCC1CC1. The number of aromatic nitrogens is 1. The van der Waals surface area contributed by atoms with Crippen LogP contribution in [0.3, 0.4) is 0 Å². The number of carbonyl (C=O) groups is 1. The number of carbonyl (C=O) groups excluding carboxylic acids is 1. The van der Waals surface area contributed by atoms with Crippen molar-refractivity contribution in [2.45, 2.75) is 33.1 Å². The number of aliphatic imine (C=N–C) groups is 1. The molecule has 0 atom stereocenters. The van der Waals surface area contributed by atoms with E-state index in [2.05, 4.69) is 20.6 Å². The first kappa shape index (κ1) is 20.2. The van der Waals surface area contributed by atoms with Gasteiger partial charge in [-0.25, -0.2) is 4.98 Å². The van der Waals surface area contributed by atoms with Crippen molar-refractivity contribution in [3.05, 3.63) is 23.9 Å². The van der Waals surface area contributed by atoms with Gasteiger partial charge in [-0.1, -0.05) is 6.07 Å². The maximum atomic E-state index is 12.0. The molecule has 2 rings (SSSR count). The molecule has 1 saturated carbocycles. The molecule has 0 spiro atoms. The molecule has 2 N–H and O–H groups in total. The van der Waals surface area contributed by atoms with Gasteiger partial charge in [-0.2, -0.15) is 0 Å². The third-order valence-electron chi connectivity index (χ3n) is 4.10. The van der Waals surface area contributed by atoms with Gasteiger partial charge in [0.2, 0.25) is 5.91 Å². The summed E-state index contributed by atoms with van der Waals surface area (Å²) in [5.41, 5.74) is 1.06. The topological polar surface area (TPSA) is 78.8 Å².